The molecule has 6 heteroatoms. The van der Waals surface area contributed by atoms with E-state index in [2.05, 4.69) is 35.2 Å². The van der Waals surface area contributed by atoms with Crippen molar-refractivity contribution in [1.29, 1.82) is 0 Å². The number of amides is 1. The van der Waals surface area contributed by atoms with E-state index < -0.39 is 0 Å². The molecule has 1 amide bonds. The van der Waals surface area contributed by atoms with Crippen LogP contribution in [-0.2, 0) is 24.3 Å². The minimum atomic E-state index is 0.220. The normalized spacial score (nSPS) is 15.7. The molecule has 2 rings (SSSR count). The zero-order valence-corrected chi connectivity index (χ0v) is 13.4. The number of aromatic nitrogens is 2. The summed E-state index contributed by atoms with van der Waals surface area (Å²) >= 11 is 0. The molecule has 1 N–H and O–H groups in total. The van der Waals surface area contributed by atoms with Crippen LogP contribution in [0.2, 0.25) is 0 Å². The van der Waals surface area contributed by atoms with Crippen molar-refractivity contribution in [3.8, 4) is 0 Å². The third kappa shape index (κ3) is 4.28. The molecule has 1 fully saturated rings. The van der Waals surface area contributed by atoms with E-state index in [-0.39, 0.29) is 5.91 Å². The number of hydrogen-bond acceptors (Lipinski definition) is 4. The summed E-state index contributed by atoms with van der Waals surface area (Å²) in [6.07, 6.45) is 0.948. The molecular weight excluding hydrogens is 266 g/mol. The maximum absolute atomic E-state index is 12.2. The number of nitrogens with one attached hydrogen (secondary N) is 1. The van der Waals surface area contributed by atoms with E-state index in [1.165, 1.54) is 5.69 Å². The van der Waals surface area contributed by atoms with Gasteiger partial charge >= 0.3 is 0 Å². The summed E-state index contributed by atoms with van der Waals surface area (Å²) in [5.74, 6) is 0.220. The number of carbonyl (C=O) groups is 1. The zero-order chi connectivity index (χ0) is 15.2. The lowest BCUT2D eigenvalue weighted by molar-refractivity contribution is -0.132. The number of likely N-dealkylation sites (N-methyl/N-ethyl adjacent to an activating group) is 1. The summed E-state index contributed by atoms with van der Waals surface area (Å²) in [7, 11) is 2.00. The standard InChI is InChI=1S/C15H27N5O/c1-4-13-10-14(20(5-2)17-13)11-18(3)12-15(21)19-8-6-16-7-9-19/h10,16H,4-9,11-12H2,1-3H3. The van der Waals surface area contributed by atoms with Gasteiger partial charge < -0.3 is 10.2 Å². The van der Waals surface area contributed by atoms with Gasteiger partial charge in [-0.2, -0.15) is 5.10 Å². The fourth-order valence-electron chi connectivity index (χ4n) is 2.67. The second-order valence-corrected chi connectivity index (χ2v) is 5.60. The van der Waals surface area contributed by atoms with E-state index in [1.807, 2.05) is 16.6 Å². The van der Waals surface area contributed by atoms with Gasteiger partial charge in [0.1, 0.15) is 0 Å². The van der Waals surface area contributed by atoms with E-state index in [0.29, 0.717) is 6.54 Å². The Labute approximate surface area is 127 Å². The van der Waals surface area contributed by atoms with Crippen molar-refractivity contribution in [2.75, 3.05) is 39.8 Å². The Morgan fingerprint density at radius 3 is 2.71 bits per heavy atom. The highest BCUT2D eigenvalue weighted by atomic mass is 16.2. The van der Waals surface area contributed by atoms with E-state index in [4.69, 9.17) is 0 Å². The van der Waals surface area contributed by atoms with Crippen molar-refractivity contribution >= 4 is 5.91 Å². The molecule has 0 atom stereocenters. The van der Waals surface area contributed by atoms with Gasteiger partial charge in [-0.1, -0.05) is 6.92 Å². The van der Waals surface area contributed by atoms with E-state index >= 15 is 0 Å². The highest BCUT2D eigenvalue weighted by Crippen LogP contribution is 2.08. The Morgan fingerprint density at radius 1 is 1.38 bits per heavy atom. The smallest absolute Gasteiger partial charge is 0.236 e. The molecule has 1 aromatic rings. The molecule has 0 radical (unpaired) electrons. The van der Waals surface area contributed by atoms with E-state index in [0.717, 1.165) is 51.4 Å². The lowest BCUT2D eigenvalue weighted by atomic mass is 10.3. The van der Waals surface area contributed by atoms with E-state index in [1.54, 1.807) is 0 Å². The average Bonchev–Trinajstić information content (AvgIpc) is 2.90. The predicted octanol–water partition coefficient (Wildman–Crippen LogP) is 0.329. The zero-order valence-electron chi connectivity index (χ0n) is 13.4. The summed E-state index contributed by atoms with van der Waals surface area (Å²) in [6, 6.07) is 2.15. The van der Waals surface area contributed by atoms with Gasteiger partial charge in [0.05, 0.1) is 17.9 Å². The Kier molecular flexibility index (Phi) is 5.76. The van der Waals surface area contributed by atoms with Crippen LogP contribution in [-0.4, -0.2) is 65.3 Å². The Morgan fingerprint density at radius 2 is 2.10 bits per heavy atom. The van der Waals surface area contributed by atoms with Crippen LogP contribution in [0.25, 0.3) is 0 Å². The minimum absolute atomic E-state index is 0.220. The average molecular weight is 293 g/mol. The number of nitrogens with zero attached hydrogens (tertiary/aromatic N) is 4. The molecule has 1 aliphatic heterocycles. The summed E-state index contributed by atoms with van der Waals surface area (Å²) in [6.45, 7) is 9.75. The fraction of sp³-hybridized carbons (Fsp3) is 0.733. The van der Waals surface area contributed by atoms with Gasteiger partial charge in [0.2, 0.25) is 5.91 Å². The first kappa shape index (κ1) is 16.0. The van der Waals surface area contributed by atoms with Crippen LogP contribution < -0.4 is 5.32 Å². The molecule has 21 heavy (non-hydrogen) atoms. The third-order valence-corrected chi connectivity index (χ3v) is 3.88. The first-order valence-corrected chi connectivity index (χ1v) is 7.86. The van der Waals surface area contributed by atoms with Crippen molar-refractivity contribution in [3.05, 3.63) is 17.5 Å². The Bertz CT molecular complexity index is 465. The van der Waals surface area contributed by atoms with Crippen LogP contribution in [0.4, 0.5) is 0 Å². The molecule has 0 spiro atoms. The number of rotatable bonds is 6. The van der Waals surface area contributed by atoms with Crippen molar-refractivity contribution < 1.29 is 4.79 Å². The molecule has 0 aliphatic carbocycles. The Balaban J connectivity index is 1.90. The fourth-order valence-corrected chi connectivity index (χ4v) is 2.67. The lowest BCUT2D eigenvalue weighted by Crippen LogP contribution is -2.49. The van der Waals surface area contributed by atoms with Crippen molar-refractivity contribution in [1.82, 2.24) is 24.9 Å². The molecule has 6 nitrogen and oxygen atoms in total. The third-order valence-electron chi connectivity index (χ3n) is 3.88. The predicted molar refractivity (Wildman–Crippen MR) is 83.1 cm³/mol. The van der Waals surface area contributed by atoms with Crippen LogP contribution in [0.1, 0.15) is 25.2 Å². The number of hydrogen-bond donors (Lipinski definition) is 1. The molecule has 0 unspecified atom stereocenters. The maximum atomic E-state index is 12.2. The van der Waals surface area contributed by atoms with Gasteiger partial charge in [-0.3, -0.25) is 14.4 Å². The van der Waals surface area contributed by atoms with E-state index in [9.17, 15) is 4.79 Å². The largest absolute Gasteiger partial charge is 0.339 e. The molecule has 1 saturated heterocycles. The van der Waals surface area contributed by atoms with Crippen LogP contribution in [0, 0.1) is 0 Å². The molecule has 1 aliphatic rings. The summed E-state index contributed by atoms with van der Waals surface area (Å²) < 4.78 is 2.03. The van der Waals surface area contributed by atoms with Crippen molar-refractivity contribution in [3.63, 3.8) is 0 Å². The molecule has 118 valence electrons. The topological polar surface area (TPSA) is 53.4 Å². The number of carbonyl (C=O) groups excluding carboxylic acids is 1. The summed E-state index contributed by atoms with van der Waals surface area (Å²) in [5.41, 5.74) is 2.30. The van der Waals surface area contributed by atoms with Crippen LogP contribution in [0.5, 0.6) is 0 Å². The van der Waals surface area contributed by atoms with Gasteiger partial charge in [-0.25, -0.2) is 0 Å². The monoisotopic (exact) mass is 293 g/mol. The maximum Gasteiger partial charge on any atom is 0.236 e. The highest BCUT2D eigenvalue weighted by molar-refractivity contribution is 5.78. The Hall–Kier alpha value is -1.40. The van der Waals surface area contributed by atoms with Gasteiger partial charge in [0.25, 0.3) is 0 Å². The summed E-state index contributed by atoms with van der Waals surface area (Å²) in [4.78, 5) is 16.3. The second kappa shape index (κ2) is 7.56. The first-order chi connectivity index (χ1) is 10.1. The van der Waals surface area contributed by atoms with Gasteiger partial charge in [-0.05, 0) is 26.5 Å². The molecule has 1 aromatic heterocycles. The molecule has 0 aromatic carbocycles. The number of aryl methyl sites for hydroxylation is 2. The van der Waals surface area contributed by atoms with Gasteiger partial charge in [-0.15, -0.1) is 0 Å². The summed E-state index contributed by atoms with van der Waals surface area (Å²) in [5, 5.41) is 7.82. The quantitative estimate of drug-likeness (QED) is 0.821. The molecule has 0 bridgehead atoms. The molecule has 0 saturated carbocycles. The SMILES string of the molecule is CCc1cc(CN(C)CC(=O)N2CCNCC2)n(CC)n1. The number of piperazine rings is 1. The highest BCUT2D eigenvalue weighted by Gasteiger charge is 2.18. The van der Waals surface area contributed by atoms with Gasteiger partial charge in [0, 0.05) is 39.3 Å². The van der Waals surface area contributed by atoms with Crippen LogP contribution in [0.15, 0.2) is 6.07 Å². The van der Waals surface area contributed by atoms with Gasteiger partial charge in [0.15, 0.2) is 0 Å². The second-order valence-electron chi connectivity index (χ2n) is 5.60. The van der Waals surface area contributed by atoms with Crippen LogP contribution in [0.3, 0.4) is 0 Å². The van der Waals surface area contributed by atoms with Crippen LogP contribution >= 0.6 is 0 Å². The first-order valence-electron chi connectivity index (χ1n) is 7.86. The molecular formula is C15H27N5O. The van der Waals surface area contributed by atoms with Crippen molar-refractivity contribution in [2.45, 2.75) is 33.4 Å². The minimum Gasteiger partial charge on any atom is -0.339 e. The molecule has 2 heterocycles. The lowest BCUT2D eigenvalue weighted by Gasteiger charge is -2.29. The van der Waals surface area contributed by atoms with Crippen molar-refractivity contribution in [2.24, 2.45) is 0 Å².